The molecule has 0 radical (unpaired) electrons. The highest BCUT2D eigenvalue weighted by Crippen LogP contribution is 2.14. The van der Waals surface area contributed by atoms with E-state index in [1.165, 1.54) is 11.3 Å². The van der Waals surface area contributed by atoms with Crippen molar-refractivity contribution >= 4 is 0 Å². The highest BCUT2D eigenvalue weighted by molar-refractivity contribution is 5.25. The molecule has 90 valence electrons. The third kappa shape index (κ3) is 3.27. The SMILES string of the molecule is CCCc1c(C)nc(CN(C)C)nc1CC. The van der Waals surface area contributed by atoms with Crippen LogP contribution in [0.15, 0.2) is 0 Å². The predicted molar refractivity (Wildman–Crippen MR) is 67.5 cm³/mol. The summed E-state index contributed by atoms with van der Waals surface area (Å²) in [6, 6.07) is 0. The highest BCUT2D eigenvalue weighted by Gasteiger charge is 2.09. The molecule has 1 rings (SSSR count). The average Bonchev–Trinajstić information content (AvgIpc) is 2.20. The molecule has 0 aliphatic carbocycles. The monoisotopic (exact) mass is 221 g/mol. The van der Waals surface area contributed by atoms with Crippen LogP contribution < -0.4 is 0 Å². The first-order valence-electron chi connectivity index (χ1n) is 6.08. The lowest BCUT2D eigenvalue weighted by molar-refractivity contribution is 0.389. The number of nitrogens with zero attached hydrogens (tertiary/aromatic N) is 3. The molecule has 1 aromatic rings. The van der Waals surface area contributed by atoms with Crippen molar-refractivity contribution in [1.82, 2.24) is 14.9 Å². The number of aryl methyl sites for hydroxylation is 2. The Labute approximate surface area is 98.9 Å². The van der Waals surface area contributed by atoms with E-state index in [9.17, 15) is 0 Å². The lowest BCUT2D eigenvalue weighted by atomic mass is 10.0. The minimum atomic E-state index is 0.820. The second-order valence-electron chi connectivity index (χ2n) is 4.49. The van der Waals surface area contributed by atoms with Gasteiger partial charge in [-0.2, -0.15) is 0 Å². The van der Waals surface area contributed by atoms with Crippen molar-refractivity contribution in [3.63, 3.8) is 0 Å². The molecule has 0 amide bonds. The minimum Gasteiger partial charge on any atom is -0.302 e. The van der Waals surface area contributed by atoms with Crippen LogP contribution in [0.1, 0.15) is 43.0 Å². The van der Waals surface area contributed by atoms with Crippen molar-refractivity contribution in [1.29, 1.82) is 0 Å². The zero-order valence-corrected chi connectivity index (χ0v) is 11.2. The lowest BCUT2D eigenvalue weighted by Crippen LogP contribution is -2.16. The molecule has 0 fully saturated rings. The minimum absolute atomic E-state index is 0.820. The van der Waals surface area contributed by atoms with E-state index < -0.39 is 0 Å². The van der Waals surface area contributed by atoms with Gasteiger partial charge in [0.15, 0.2) is 0 Å². The first-order valence-corrected chi connectivity index (χ1v) is 6.08. The van der Waals surface area contributed by atoms with Gasteiger partial charge < -0.3 is 4.90 Å². The van der Waals surface area contributed by atoms with Crippen LogP contribution in [0.2, 0.25) is 0 Å². The molecule has 3 nitrogen and oxygen atoms in total. The molecule has 16 heavy (non-hydrogen) atoms. The standard InChI is InChI=1S/C13H23N3/c1-6-8-11-10(3)14-13(9-16(4)5)15-12(11)7-2/h6-9H2,1-5H3. The van der Waals surface area contributed by atoms with Crippen LogP contribution >= 0.6 is 0 Å². The summed E-state index contributed by atoms with van der Waals surface area (Å²) in [7, 11) is 4.09. The van der Waals surface area contributed by atoms with E-state index in [1.807, 2.05) is 14.1 Å². The molecule has 1 heterocycles. The molecular weight excluding hydrogens is 198 g/mol. The molecule has 0 aliphatic rings. The predicted octanol–water partition coefficient (Wildman–Crippen LogP) is 2.36. The van der Waals surface area contributed by atoms with Gasteiger partial charge in [0, 0.05) is 11.4 Å². The van der Waals surface area contributed by atoms with Crippen molar-refractivity contribution in [2.24, 2.45) is 0 Å². The van der Waals surface area contributed by atoms with Crippen molar-refractivity contribution < 1.29 is 0 Å². The topological polar surface area (TPSA) is 29.0 Å². The van der Waals surface area contributed by atoms with Gasteiger partial charge >= 0.3 is 0 Å². The summed E-state index contributed by atoms with van der Waals surface area (Å²) in [5.74, 6) is 0.944. The molecule has 0 bridgehead atoms. The summed E-state index contributed by atoms with van der Waals surface area (Å²) < 4.78 is 0. The van der Waals surface area contributed by atoms with Gasteiger partial charge in [-0.15, -0.1) is 0 Å². The van der Waals surface area contributed by atoms with Gasteiger partial charge in [-0.25, -0.2) is 9.97 Å². The maximum Gasteiger partial charge on any atom is 0.142 e. The molecule has 0 unspecified atom stereocenters. The molecule has 1 aromatic heterocycles. The zero-order chi connectivity index (χ0) is 12.1. The van der Waals surface area contributed by atoms with Crippen molar-refractivity contribution in [3.05, 3.63) is 22.8 Å². The third-order valence-corrected chi connectivity index (χ3v) is 2.64. The quantitative estimate of drug-likeness (QED) is 0.764. The fraction of sp³-hybridized carbons (Fsp3) is 0.692. The maximum atomic E-state index is 4.66. The fourth-order valence-electron chi connectivity index (χ4n) is 1.94. The zero-order valence-electron chi connectivity index (χ0n) is 11.2. The normalized spacial score (nSPS) is 11.1. The molecule has 0 aliphatic heterocycles. The largest absolute Gasteiger partial charge is 0.302 e. The fourth-order valence-corrected chi connectivity index (χ4v) is 1.94. The van der Waals surface area contributed by atoms with Gasteiger partial charge in [0.05, 0.1) is 6.54 Å². The third-order valence-electron chi connectivity index (χ3n) is 2.64. The van der Waals surface area contributed by atoms with Crippen molar-refractivity contribution in [2.45, 2.75) is 46.6 Å². The summed E-state index contributed by atoms with van der Waals surface area (Å²) in [5.41, 5.74) is 3.74. The average molecular weight is 221 g/mol. The van der Waals surface area contributed by atoms with Crippen LogP contribution in [-0.2, 0) is 19.4 Å². The highest BCUT2D eigenvalue weighted by atomic mass is 15.1. The first kappa shape index (κ1) is 13.1. The van der Waals surface area contributed by atoms with Crippen LogP contribution in [0, 0.1) is 6.92 Å². The van der Waals surface area contributed by atoms with E-state index in [0.717, 1.165) is 37.3 Å². The van der Waals surface area contributed by atoms with Crippen molar-refractivity contribution in [3.8, 4) is 0 Å². The van der Waals surface area contributed by atoms with Crippen LogP contribution in [-0.4, -0.2) is 29.0 Å². The van der Waals surface area contributed by atoms with Crippen LogP contribution in [0.25, 0.3) is 0 Å². The Kier molecular flexibility index (Phi) is 4.87. The van der Waals surface area contributed by atoms with E-state index in [1.54, 1.807) is 0 Å². The van der Waals surface area contributed by atoms with E-state index in [4.69, 9.17) is 0 Å². The molecule has 0 atom stereocenters. The van der Waals surface area contributed by atoms with Gasteiger partial charge in [-0.1, -0.05) is 20.3 Å². The van der Waals surface area contributed by atoms with Crippen molar-refractivity contribution in [2.75, 3.05) is 14.1 Å². The van der Waals surface area contributed by atoms with Gasteiger partial charge in [0.25, 0.3) is 0 Å². The smallest absolute Gasteiger partial charge is 0.142 e. The van der Waals surface area contributed by atoms with Crippen LogP contribution in [0.3, 0.4) is 0 Å². The summed E-state index contributed by atoms with van der Waals surface area (Å²) >= 11 is 0. The summed E-state index contributed by atoms with van der Waals surface area (Å²) in [6.45, 7) is 7.29. The number of aromatic nitrogens is 2. The Morgan fingerprint density at radius 3 is 2.31 bits per heavy atom. The Bertz CT molecular complexity index is 345. The van der Waals surface area contributed by atoms with E-state index in [-0.39, 0.29) is 0 Å². The second kappa shape index (κ2) is 5.94. The summed E-state index contributed by atoms with van der Waals surface area (Å²) in [6.07, 6.45) is 3.25. The van der Waals surface area contributed by atoms with Gasteiger partial charge in [0.2, 0.25) is 0 Å². The second-order valence-corrected chi connectivity index (χ2v) is 4.49. The van der Waals surface area contributed by atoms with Crippen LogP contribution in [0.4, 0.5) is 0 Å². The molecule has 0 saturated carbocycles. The molecular formula is C13H23N3. The Hall–Kier alpha value is -0.960. The summed E-state index contributed by atoms with van der Waals surface area (Å²) in [5, 5.41) is 0. The molecule has 3 heteroatoms. The Balaban J connectivity index is 3.05. The Morgan fingerprint density at radius 1 is 1.12 bits per heavy atom. The van der Waals surface area contributed by atoms with Gasteiger partial charge in [-0.3, -0.25) is 0 Å². The van der Waals surface area contributed by atoms with E-state index in [2.05, 4.69) is 35.6 Å². The van der Waals surface area contributed by atoms with Crippen LogP contribution in [0.5, 0.6) is 0 Å². The number of hydrogen-bond donors (Lipinski definition) is 0. The molecule has 0 saturated heterocycles. The molecule has 0 aromatic carbocycles. The molecule has 0 spiro atoms. The van der Waals surface area contributed by atoms with E-state index >= 15 is 0 Å². The maximum absolute atomic E-state index is 4.66. The van der Waals surface area contributed by atoms with Gasteiger partial charge in [-0.05, 0) is 39.4 Å². The van der Waals surface area contributed by atoms with E-state index in [0.29, 0.717) is 0 Å². The number of rotatable bonds is 5. The van der Waals surface area contributed by atoms with Gasteiger partial charge in [0.1, 0.15) is 5.82 Å². The Morgan fingerprint density at radius 2 is 1.81 bits per heavy atom. The first-order chi connectivity index (χ1) is 7.58. The summed E-state index contributed by atoms with van der Waals surface area (Å²) in [4.78, 5) is 11.4. The number of hydrogen-bond acceptors (Lipinski definition) is 3. The lowest BCUT2D eigenvalue weighted by Gasteiger charge is -2.14. The molecule has 0 N–H and O–H groups in total.